The van der Waals surface area contributed by atoms with Gasteiger partial charge in [-0.15, -0.1) is 0 Å². The minimum Gasteiger partial charge on any atom is -0.454 e. The number of nitrogens with zero attached hydrogens (tertiary/aromatic N) is 1. The molecule has 7 heteroatoms. The number of carbonyl (C=O) groups is 2. The summed E-state index contributed by atoms with van der Waals surface area (Å²) in [5, 5.41) is 0. The molecule has 0 fully saturated rings. The van der Waals surface area contributed by atoms with Crippen molar-refractivity contribution in [1.29, 1.82) is 0 Å². The van der Waals surface area contributed by atoms with E-state index in [0.717, 1.165) is 23.2 Å². The Bertz CT molecular complexity index is 1110. The van der Waals surface area contributed by atoms with Gasteiger partial charge in [-0.2, -0.15) is 0 Å². The lowest BCUT2D eigenvalue weighted by Gasteiger charge is -2.23. The van der Waals surface area contributed by atoms with Crippen LogP contribution in [0.3, 0.4) is 0 Å². The number of allylic oxidation sites excluding steroid dienone is 1. The zero-order chi connectivity index (χ0) is 22.1. The van der Waals surface area contributed by atoms with Crippen LogP contribution in [0.5, 0.6) is 0 Å². The third-order valence-corrected chi connectivity index (χ3v) is 6.06. The second-order valence-electron chi connectivity index (χ2n) is 8.04. The van der Waals surface area contributed by atoms with Crippen LogP contribution in [-0.4, -0.2) is 40.1 Å². The van der Waals surface area contributed by atoms with Gasteiger partial charge in [0, 0.05) is 36.2 Å². The van der Waals surface area contributed by atoms with E-state index >= 15 is 0 Å². The number of fused-ring (bicyclic) bond motifs is 1. The molecule has 0 amide bonds. The Balaban J connectivity index is 1.65. The first-order valence-electron chi connectivity index (χ1n) is 9.51. The van der Waals surface area contributed by atoms with E-state index in [0.29, 0.717) is 5.56 Å². The molecular formula is C23H25NO5S. The lowest BCUT2D eigenvalue weighted by atomic mass is 9.83. The maximum absolute atomic E-state index is 12.5. The Labute approximate surface area is 177 Å². The van der Waals surface area contributed by atoms with Crippen molar-refractivity contribution in [2.75, 3.05) is 24.8 Å². The van der Waals surface area contributed by atoms with Gasteiger partial charge in [-0.25, -0.2) is 13.2 Å². The number of para-hydroxylation sites is 1. The number of likely N-dealkylation sites (N-methyl/N-ethyl adjacent to an activating group) is 1. The molecule has 0 N–H and O–H groups in total. The van der Waals surface area contributed by atoms with Crippen molar-refractivity contribution in [3.05, 3.63) is 77.0 Å². The van der Waals surface area contributed by atoms with Crippen LogP contribution < -0.4 is 4.90 Å². The summed E-state index contributed by atoms with van der Waals surface area (Å²) in [5.74, 6) is -1.03. The Morgan fingerprint density at radius 1 is 1.07 bits per heavy atom. The largest absolute Gasteiger partial charge is 0.454 e. The molecule has 6 nitrogen and oxygen atoms in total. The van der Waals surface area contributed by atoms with Crippen molar-refractivity contribution in [3.63, 3.8) is 0 Å². The fourth-order valence-corrected chi connectivity index (χ4v) is 4.51. The van der Waals surface area contributed by atoms with Crippen LogP contribution >= 0.6 is 0 Å². The van der Waals surface area contributed by atoms with Gasteiger partial charge in [0.1, 0.15) is 0 Å². The fraction of sp³-hybridized carbons (Fsp3) is 0.304. The summed E-state index contributed by atoms with van der Waals surface area (Å²) in [6.07, 6.45) is 2.68. The Morgan fingerprint density at radius 2 is 1.70 bits per heavy atom. The predicted octanol–water partition coefficient (Wildman–Crippen LogP) is 3.27. The molecule has 0 aliphatic carbocycles. The van der Waals surface area contributed by atoms with Crippen LogP contribution in [0.4, 0.5) is 5.69 Å². The van der Waals surface area contributed by atoms with Crippen LogP contribution in [-0.2, 0) is 30.5 Å². The first-order chi connectivity index (χ1) is 14.0. The van der Waals surface area contributed by atoms with E-state index in [9.17, 15) is 18.0 Å². The molecular weight excluding hydrogens is 402 g/mol. The minimum atomic E-state index is -3.15. The Kier molecular flexibility index (Phi) is 5.85. The molecule has 0 spiro atoms. The van der Waals surface area contributed by atoms with E-state index < -0.39 is 15.8 Å². The first kappa shape index (κ1) is 21.8. The highest BCUT2D eigenvalue weighted by Crippen LogP contribution is 2.46. The lowest BCUT2D eigenvalue weighted by Crippen LogP contribution is -2.25. The van der Waals surface area contributed by atoms with E-state index in [2.05, 4.69) is 13.8 Å². The molecule has 0 saturated carbocycles. The number of anilines is 1. The summed E-state index contributed by atoms with van der Waals surface area (Å²) in [7, 11) is -1.24. The zero-order valence-electron chi connectivity index (χ0n) is 17.5. The maximum Gasteiger partial charge on any atom is 0.338 e. The van der Waals surface area contributed by atoms with Gasteiger partial charge < -0.3 is 9.64 Å². The summed E-state index contributed by atoms with van der Waals surface area (Å²) >= 11 is 0. The number of carbonyl (C=O) groups excluding carboxylic acids is 2. The monoisotopic (exact) mass is 427 g/mol. The van der Waals surface area contributed by atoms with Gasteiger partial charge in [0.2, 0.25) is 0 Å². The summed E-state index contributed by atoms with van der Waals surface area (Å²) in [5.41, 5.74) is 3.54. The van der Waals surface area contributed by atoms with E-state index in [1.54, 1.807) is 12.1 Å². The van der Waals surface area contributed by atoms with Crippen molar-refractivity contribution in [3.8, 4) is 0 Å². The second kappa shape index (κ2) is 8.07. The molecule has 2 aromatic rings. The summed E-state index contributed by atoms with van der Waals surface area (Å²) in [6.45, 7) is 3.74. The number of hydrogen-bond acceptors (Lipinski definition) is 6. The van der Waals surface area contributed by atoms with E-state index in [-0.39, 0.29) is 29.1 Å². The number of ether oxygens (including phenoxy) is 1. The van der Waals surface area contributed by atoms with Gasteiger partial charge in [0.05, 0.1) is 11.3 Å². The summed E-state index contributed by atoms with van der Waals surface area (Å²) < 4.78 is 27.8. The van der Waals surface area contributed by atoms with E-state index in [1.165, 1.54) is 18.2 Å². The molecule has 1 aliphatic heterocycles. The van der Waals surface area contributed by atoms with Gasteiger partial charge in [-0.05, 0) is 29.3 Å². The fourth-order valence-electron chi connectivity index (χ4n) is 3.71. The molecule has 158 valence electrons. The van der Waals surface area contributed by atoms with Gasteiger partial charge in [-0.3, -0.25) is 4.79 Å². The highest BCUT2D eigenvalue weighted by atomic mass is 32.2. The predicted molar refractivity (Wildman–Crippen MR) is 116 cm³/mol. The summed E-state index contributed by atoms with van der Waals surface area (Å²) in [4.78, 5) is 26.7. The van der Waals surface area contributed by atoms with Crippen molar-refractivity contribution in [2.45, 2.75) is 25.0 Å². The first-order valence-corrected chi connectivity index (χ1v) is 11.6. The number of sulfone groups is 1. The van der Waals surface area contributed by atoms with E-state index in [1.807, 2.05) is 36.2 Å². The van der Waals surface area contributed by atoms with Crippen LogP contribution in [0.1, 0.15) is 35.3 Å². The normalized spacial score (nSPS) is 16.4. The summed E-state index contributed by atoms with van der Waals surface area (Å²) in [6, 6.07) is 14.1. The molecule has 0 saturated heterocycles. The quantitative estimate of drug-likeness (QED) is 0.520. The standard InChI is InChI=1S/C23H25NO5S/c1-23(2)19-7-5-6-8-20(19)24(3)21(23)13-18(25)14-29-22(26)17-11-9-16(10-12-17)15-30(4,27)28/h5-13H,14-15H2,1-4H3/b21-13-. The number of ketones is 1. The van der Waals surface area contributed by atoms with Crippen LogP contribution in [0.25, 0.3) is 0 Å². The topological polar surface area (TPSA) is 80.8 Å². The lowest BCUT2D eigenvalue weighted by molar-refractivity contribution is -0.117. The third kappa shape index (κ3) is 4.62. The molecule has 0 aromatic heterocycles. The van der Waals surface area contributed by atoms with Crippen molar-refractivity contribution < 1.29 is 22.7 Å². The van der Waals surface area contributed by atoms with Gasteiger partial charge in [-0.1, -0.05) is 44.2 Å². The molecule has 0 atom stereocenters. The highest BCUT2D eigenvalue weighted by Gasteiger charge is 2.38. The molecule has 30 heavy (non-hydrogen) atoms. The van der Waals surface area contributed by atoms with Gasteiger partial charge in [0.15, 0.2) is 22.2 Å². The van der Waals surface area contributed by atoms with Crippen molar-refractivity contribution in [2.24, 2.45) is 0 Å². The molecule has 3 rings (SSSR count). The average molecular weight is 428 g/mol. The van der Waals surface area contributed by atoms with E-state index in [4.69, 9.17) is 4.74 Å². The van der Waals surface area contributed by atoms with Crippen molar-refractivity contribution in [1.82, 2.24) is 0 Å². The molecule has 0 radical (unpaired) electrons. The number of esters is 1. The molecule has 0 bridgehead atoms. The number of hydrogen-bond donors (Lipinski definition) is 0. The van der Waals surface area contributed by atoms with Crippen LogP contribution in [0.2, 0.25) is 0 Å². The number of rotatable bonds is 6. The zero-order valence-corrected chi connectivity index (χ0v) is 18.3. The average Bonchev–Trinajstić information content (AvgIpc) is 2.86. The Morgan fingerprint density at radius 3 is 2.30 bits per heavy atom. The van der Waals surface area contributed by atoms with Gasteiger partial charge in [0.25, 0.3) is 0 Å². The molecule has 1 aliphatic rings. The number of benzene rings is 2. The second-order valence-corrected chi connectivity index (χ2v) is 10.2. The minimum absolute atomic E-state index is 0.0971. The maximum atomic E-state index is 12.5. The smallest absolute Gasteiger partial charge is 0.338 e. The highest BCUT2D eigenvalue weighted by molar-refractivity contribution is 7.89. The molecule has 2 aromatic carbocycles. The van der Waals surface area contributed by atoms with Crippen molar-refractivity contribution >= 4 is 27.3 Å². The Hall–Kier alpha value is -2.93. The van der Waals surface area contributed by atoms with Crippen LogP contribution in [0.15, 0.2) is 60.3 Å². The molecule has 1 heterocycles. The van der Waals surface area contributed by atoms with Crippen LogP contribution in [0, 0.1) is 0 Å². The third-order valence-electron chi connectivity index (χ3n) is 5.20. The van der Waals surface area contributed by atoms with Gasteiger partial charge >= 0.3 is 5.97 Å². The molecule has 0 unspecified atom stereocenters. The SMILES string of the molecule is CN1/C(=C\C(=O)COC(=O)c2ccc(CS(C)(=O)=O)cc2)C(C)(C)c2ccccc21.